The van der Waals surface area contributed by atoms with Gasteiger partial charge in [-0.2, -0.15) is 0 Å². The van der Waals surface area contributed by atoms with Crippen molar-refractivity contribution < 1.29 is 4.79 Å². The third-order valence-electron chi connectivity index (χ3n) is 1.94. The van der Waals surface area contributed by atoms with E-state index in [1.807, 2.05) is 25.1 Å². The molecule has 0 fully saturated rings. The lowest BCUT2D eigenvalue weighted by atomic mass is 10.1. The number of carbonyl (C=O) groups excluding carboxylic acids is 1. The van der Waals surface area contributed by atoms with Crippen molar-refractivity contribution in [1.82, 2.24) is 0 Å². The Kier molecular flexibility index (Phi) is 3.49. The summed E-state index contributed by atoms with van der Waals surface area (Å²) < 4.78 is 0. The summed E-state index contributed by atoms with van der Waals surface area (Å²) in [6.45, 7) is 0.0115. The van der Waals surface area contributed by atoms with Crippen LogP contribution in [0.25, 0.3) is 0 Å². The smallest absolute Gasteiger partial charge is 0.176 e. The molecule has 0 amide bonds. The summed E-state index contributed by atoms with van der Waals surface area (Å²) in [7, 11) is 3.79. The van der Waals surface area contributed by atoms with E-state index in [1.165, 1.54) is 0 Å². The third-order valence-corrected chi connectivity index (χ3v) is 2.24. The molecule has 0 aromatic heterocycles. The summed E-state index contributed by atoms with van der Waals surface area (Å²) in [5.74, 6) is -0.0998. The van der Waals surface area contributed by atoms with Gasteiger partial charge in [-0.05, 0) is 18.2 Å². The van der Waals surface area contributed by atoms with Crippen LogP contribution in [0, 0.1) is 0 Å². The Morgan fingerprint density at radius 1 is 1.50 bits per heavy atom. The fourth-order valence-corrected chi connectivity index (χ4v) is 1.51. The number of ketones is 1. The van der Waals surface area contributed by atoms with Crippen LogP contribution in [0.15, 0.2) is 18.2 Å². The minimum Gasteiger partial charge on any atom is -0.376 e. The van der Waals surface area contributed by atoms with Crippen LogP contribution in [0.3, 0.4) is 0 Å². The number of nitrogens with zero attached hydrogens (tertiary/aromatic N) is 1. The van der Waals surface area contributed by atoms with Gasteiger partial charge in [0.25, 0.3) is 0 Å². The first-order chi connectivity index (χ1) is 6.56. The van der Waals surface area contributed by atoms with E-state index in [2.05, 4.69) is 0 Å². The van der Waals surface area contributed by atoms with Gasteiger partial charge in [-0.15, -0.1) is 0 Å². The van der Waals surface area contributed by atoms with Gasteiger partial charge in [0.1, 0.15) is 0 Å². The lowest BCUT2D eigenvalue weighted by molar-refractivity contribution is 0.100. The summed E-state index contributed by atoms with van der Waals surface area (Å²) in [6, 6.07) is 5.19. The molecule has 0 spiro atoms. The first-order valence-corrected chi connectivity index (χ1v) is 4.64. The van der Waals surface area contributed by atoms with Gasteiger partial charge in [0.2, 0.25) is 0 Å². The second-order valence-electron chi connectivity index (χ2n) is 3.19. The molecule has 0 heterocycles. The number of benzene rings is 1. The number of rotatable bonds is 3. The number of nitrogens with two attached hydrogens (primary N) is 1. The summed E-state index contributed by atoms with van der Waals surface area (Å²) >= 11 is 5.99. The molecular formula is C10H13ClN2O. The standard InChI is InChI=1S/C10H13ClN2O/c1-13(2)9-4-3-7(5-8(9)11)10(14)6-12/h3-5H,6,12H2,1-2H3. The van der Waals surface area contributed by atoms with Crippen molar-refractivity contribution in [3.05, 3.63) is 28.8 Å². The molecule has 1 aromatic carbocycles. The molecular weight excluding hydrogens is 200 g/mol. The van der Waals surface area contributed by atoms with Gasteiger partial charge in [0, 0.05) is 19.7 Å². The molecule has 14 heavy (non-hydrogen) atoms. The number of hydrogen-bond acceptors (Lipinski definition) is 3. The molecule has 3 nitrogen and oxygen atoms in total. The monoisotopic (exact) mass is 212 g/mol. The second kappa shape index (κ2) is 4.44. The molecule has 0 saturated carbocycles. The predicted octanol–water partition coefficient (Wildman–Crippen LogP) is 1.55. The zero-order chi connectivity index (χ0) is 10.7. The molecule has 0 saturated heterocycles. The molecule has 0 aliphatic rings. The van der Waals surface area contributed by atoms with E-state index in [9.17, 15) is 4.79 Å². The van der Waals surface area contributed by atoms with Crippen molar-refractivity contribution in [3.63, 3.8) is 0 Å². The van der Waals surface area contributed by atoms with Crippen LogP contribution >= 0.6 is 11.6 Å². The Bertz CT molecular complexity index is 350. The van der Waals surface area contributed by atoms with E-state index in [4.69, 9.17) is 17.3 Å². The Labute approximate surface area is 88.5 Å². The molecule has 0 unspecified atom stereocenters. The molecule has 0 bridgehead atoms. The van der Waals surface area contributed by atoms with Gasteiger partial charge < -0.3 is 10.6 Å². The zero-order valence-electron chi connectivity index (χ0n) is 8.25. The first-order valence-electron chi connectivity index (χ1n) is 4.26. The first kappa shape index (κ1) is 11.0. The highest BCUT2D eigenvalue weighted by atomic mass is 35.5. The van der Waals surface area contributed by atoms with Crippen molar-refractivity contribution in [1.29, 1.82) is 0 Å². The van der Waals surface area contributed by atoms with E-state index in [-0.39, 0.29) is 12.3 Å². The number of anilines is 1. The molecule has 4 heteroatoms. The average Bonchev–Trinajstić information content (AvgIpc) is 2.15. The molecule has 0 aliphatic carbocycles. The van der Waals surface area contributed by atoms with Crippen molar-refractivity contribution in [2.45, 2.75) is 0 Å². The highest BCUT2D eigenvalue weighted by Gasteiger charge is 2.07. The van der Waals surface area contributed by atoms with E-state index in [0.29, 0.717) is 10.6 Å². The second-order valence-corrected chi connectivity index (χ2v) is 3.60. The van der Waals surface area contributed by atoms with Crippen LogP contribution in [-0.2, 0) is 0 Å². The van der Waals surface area contributed by atoms with Gasteiger partial charge in [0.15, 0.2) is 5.78 Å². The van der Waals surface area contributed by atoms with Crippen molar-refractivity contribution in [2.75, 3.05) is 25.5 Å². The topological polar surface area (TPSA) is 46.3 Å². The van der Waals surface area contributed by atoms with Gasteiger partial charge in [-0.1, -0.05) is 11.6 Å². The molecule has 1 aromatic rings. The maximum absolute atomic E-state index is 11.2. The lowest BCUT2D eigenvalue weighted by Crippen LogP contribution is -2.14. The van der Waals surface area contributed by atoms with Crippen LogP contribution < -0.4 is 10.6 Å². The number of carbonyl (C=O) groups is 1. The Morgan fingerprint density at radius 3 is 2.57 bits per heavy atom. The zero-order valence-corrected chi connectivity index (χ0v) is 9.01. The quantitative estimate of drug-likeness (QED) is 0.774. The Balaban J connectivity index is 3.06. The molecule has 0 aliphatic heterocycles. The molecule has 76 valence electrons. The summed E-state index contributed by atoms with van der Waals surface area (Å²) in [6.07, 6.45) is 0. The fourth-order valence-electron chi connectivity index (χ4n) is 1.16. The van der Waals surface area contributed by atoms with Crippen molar-refractivity contribution in [3.8, 4) is 0 Å². The molecule has 1 rings (SSSR count). The van der Waals surface area contributed by atoms with Crippen LogP contribution in [0.5, 0.6) is 0 Å². The maximum atomic E-state index is 11.2. The van der Waals surface area contributed by atoms with Crippen molar-refractivity contribution in [2.24, 2.45) is 5.73 Å². The minimum absolute atomic E-state index is 0.0115. The van der Waals surface area contributed by atoms with Crippen LogP contribution in [0.2, 0.25) is 5.02 Å². The van der Waals surface area contributed by atoms with Crippen LogP contribution in [0.4, 0.5) is 5.69 Å². The maximum Gasteiger partial charge on any atom is 0.176 e. The summed E-state index contributed by atoms with van der Waals surface area (Å²) in [5.41, 5.74) is 6.70. The van der Waals surface area contributed by atoms with E-state index >= 15 is 0 Å². The van der Waals surface area contributed by atoms with Crippen LogP contribution in [0.1, 0.15) is 10.4 Å². The number of hydrogen-bond donors (Lipinski definition) is 1. The lowest BCUT2D eigenvalue weighted by Gasteiger charge is -2.14. The predicted molar refractivity (Wildman–Crippen MR) is 59.2 cm³/mol. The highest BCUT2D eigenvalue weighted by molar-refractivity contribution is 6.33. The minimum atomic E-state index is -0.0998. The Hall–Kier alpha value is -1.06. The Morgan fingerprint density at radius 2 is 2.14 bits per heavy atom. The number of halogens is 1. The SMILES string of the molecule is CN(C)c1ccc(C(=O)CN)cc1Cl. The van der Waals surface area contributed by atoms with E-state index < -0.39 is 0 Å². The summed E-state index contributed by atoms with van der Waals surface area (Å²) in [4.78, 5) is 13.1. The highest BCUT2D eigenvalue weighted by Crippen LogP contribution is 2.25. The van der Waals surface area contributed by atoms with E-state index in [0.717, 1.165) is 5.69 Å². The number of Topliss-reactive ketones (excluding diaryl/α,β-unsaturated/α-hetero) is 1. The van der Waals surface area contributed by atoms with Gasteiger partial charge >= 0.3 is 0 Å². The van der Waals surface area contributed by atoms with Gasteiger partial charge in [-0.3, -0.25) is 4.79 Å². The summed E-state index contributed by atoms with van der Waals surface area (Å²) in [5, 5.41) is 0.564. The third kappa shape index (κ3) is 2.25. The average molecular weight is 213 g/mol. The largest absolute Gasteiger partial charge is 0.376 e. The fraction of sp³-hybridized carbons (Fsp3) is 0.300. The molecule has 0 atom stereocenters. The van der Waals surface area contributed by atoms with Crippen LogP contribution in [-0.4, -0.2) is 26.4 Å². The normalized spacial score (nSPS) is 10.0. The van der Waals surface area contributed by atoms with Crippen molar-refractivity contribution >= 4 is 23.1 Å². The van der Waals surface area contributed by atoms with E-state index in [1.54, 1.807) is 12.1 Å². The van der Waals surface area contributed by atoms with Gasteiger partial charge in [-0.25, -0.2) is 0 Å². The van der Waals surface area contributed by atoms with Gasteiger partial charge in [0.05, 0.1) is 17.3 Å². The molecule has 0 radical (unpaired) electrons. The molecule has 2 N–H and O–H groups in total.